The van der Waals surface area contributed by atoms with Crippen LogP contribution in [0.2, 0.25) is 0 Å². The molecule has 2 aliphatic carbocycles. The maximum atomic E-state index is 11.7. The summed E-state index contributed by atoms with van der Waals surface area (Å²) in [5, 5.41) is 11.8. The molecule has 4 nitrogen and oxygen atoms in total. The lowest BCUT2D eigenvalue weighted by Gasteiger charge is -2.14. The van der Waals surface area contributed by atoms with Crippen LogP contribution in [0.3, 0.4) is 0 Å². The van der Waals surface area contributed by atoms with E-state index in [4.69, 9.17) is 10.00 Å². The average molecular weight is 208 g/mol. The van der Waals surface area contributed by atoms with Crippen LogP contribution < -0.4 is 5.32 Å². The smallest absolute Gasteiger partial charge is 0.240 e. The Balaban J connectivity index is 1.84. The molecule has 0 aromatic heterocycles. The normalized spacial score (nSPS) is 32.0. The fourth-order valence-electron chi connectivity index (χ4n) is 2.12. The van der Waals surface area contributed by atoms with Crippen molar-refractivity contribution < 1.29 is 9.53 Å². The Morgan fingerprint density at radius 3 is 2.73 bits per heavy atom. The van der Waals surface area contributed by atoms with Gasteiger partial charge in [-0.1, -0.05) is 0 Å². The number of carbonyl (C=O) groups excluding carboxylic acids is 1. The van der Waals surface area contributed by atoms with Crippen molar-refractivity contribution in [3.05, 3.63) is 0 Å². The highest BCUT2D eigenvalue weighted by molar-refractivity contribution is 5.88. The molecule has 0 spiro atoms. The van der Waals surface area contributed by atoms with Crippen molar-refractivity contribution in [2.24, 2.45) is 5.41 Å². The number of amides is 1. The van der Waals surface area contributed by atoms with Gasteiger partial charge in [-0.05, 0) is 32.1 Å². The Hall–Kier alpha value is -1.08. The number of rotatable bonds is 3. The van der Waals surface area contributed by atoms with Crippen LogP contribution in [0.15, 0.2) is 0 Å². The Labute approximate surface area is 89.6 Å². The van der Waals surface area contributed by atoms with Crippen LogP contribution in [0, 0.1) is 16.7 Å². The predicted molar refractivity (Wildman–Crippen MR) is 53.9 cm³/mol. The maximum Gasteiger partial charge on any atom is 0.240 e. The van der Waals surface area contributed by atoms with Gasteiger partial charge in [0.05, 0.1) is 12.2 Å². The van der Waals surface area contributed by atoms with Gasteiger partial charge in [-0.3, -0.25) is 4.79 Å². The minimum Gasteiger partial charge on any atom is -0.381 e. The van der Waals surface area contributed by atoms with E-state index in [1.54, 1.807) is 7.11 Å². The molecule has 0 heterocycles. The monoisotopic (exact) mass is 208 g/mol. The van der Waals surface area contributed by atoms with Gasteiger partial charge in [0.1, 0.15) is 5.41 Å². The lowest BCUT2D eigenvalue weighted by atomic mass is 10.1. The van der Waals surface area contributed by atoms with Crippen LogP contribution in [0.5, 0.6) is 0 Å². The van der Waals surface area contributed by atoms with Gasteiger partial charge in [-0.15, -0.1) is 0 Å². The number of nitrogens with one attached hydrogen (secondary N) is 1. The summed E-state index contributed by atoms with van der Waals surface area (Å²) in [6, 6.07) is 2.31. The molecule has 2 unspecified atom stereocenters. The highest BCUT2D eigenvalue weighted by atomic mass is 16.5. The number of nitrogens with zero attached hydrogens (tertiary/aromatic N) is 1. The summed E-state index contributed by atoms with van der Waals surface area (Å²) in [7, 11) is 1.70. The summed E-state index contributed by atoms with van der Waals surface area (Å²) >= 11 is 0. The first-order valence-electron chi connectivity index (χ1n) is 5.45. The zero-order valence-corrected chi connectivity index (χ0v) is 8.95. The lowest BCUT2D eigenvalue weighted by Crippen LogP contribution is -2.38. The predicted octanol–water partition coefficient (Wildman–Crippen LogP) is 0.974. The molecule has 1 amide bonds. The van der Waals surface area contributed by atoms with Gasteiger partial charge in [0.25, 0.3) is 0 Å². The Bertz CT molecular complexity index is 304. The molecule has 82 valence electrons. The van der Waals surface area contributed by atoms with Crippen molar-refractivity contribution in [2.45, 2.75) is 44.2 Å². The summed E-state index contributed by atoms with van der Waals surface area (Å²) < 4.78 is 5.23. The van der Waals surface area contributed by atoms with Crippen molar-refractivity contribution in [3.63, 3.8) is 0 Å². The van der Waals surface area contributed by atoms with E-state index >= 15 is 0 Å². The van der Waals surface area contributed by atoms with Gasteiger partial charge < -0.3 is 10.1 Å². The second-order valence-corrected chi connectivity index (χ2v) is 4.54. The molecule has 0 bridgehead atoms. The average Bonchev–Trinajstić information content (AvgIpc) is 2.94. The van der Waals surface area contributed by atoms with E-state index in [9.17, 15) is 4.79 Å². The molecule has 2 aliphatic rings. The largest absolute Gasteiger partial charge is 0.381 e. The van der Waals surface area contributed by atoms with Crippen LogP contribution in [0.25, 0.3) is 0 Å². The summed E-state index contributed by atoms with van der Waals surface area (Å²) in [4.78, 5) is 11.7. The fourth-order valence-corrected chi connectivity index (χ4v) is 2.12. The van der Waals surface area contributed by atoms with Crippen molar-refractivity contribution in [1.82, 2.24) is 5.32 Å². The molecule has 0 aliphatic heterocycles. The number of ether oxygens (including phenoxy) is 1. The van der Waals surface area contributed by atoms with Gasteiger partial charge in [-0.2, -0.15) is 5.26 Å². The van der Waals surface area contributed by atoms with Gasteiger partial charge in [0.15, 0.2) is 0 Å². The van der Waals surface area contributed by atoms with Crippen LogP contribution >= 0.6 is 0 Å². The van der Waals surface area contributed by atoms with E-state index in [-0.39, 0.29) is 18.1 Å². The highest BCUT2D eigenvalue weighted by Gasteiger charge is 2.51. The third-order valence-corrected chi connectivity index (χ3v) is 3.45. The third kappa shape index (κ3) is 1.98. The molecule has 2 fully saturated rings. The Morgan fingerprint density at radius 1 is 1.53 bits per heavy atom. The van der Waals surface area contributed by atoms with Crippen LogP contribution in [-0.2, 0) is 9.53 Å². The molecule has 2 atom stereocenters. The van der Waals surface area contributed by atoms with E-state index < -0.39 is 5.41 Å². The number of carbonyl (C=O) groups is 1. The lowest BCUT2D eigenvalue weighted by molar-refractivity contribution is -0.125. The molecule has 2 saturated carbocycles. The van der Waals surface area contributed by atoms with Crippen molar-refractivity contribution >= 4 is 5.91 Å². The zero-order chi connectivity index (χ0) is 10.9. The van der Waals surface area contributed by atoms with E-state index in [1.807, 2.05) is 0 Å². The molecule has 1 N–H and O–H groups in total. The van der Waals surface area contributed by atoms with Crippen molar-refractivity contribution in [1.29, 1.82) is 5.26 Å². The van der Waals surface area contributed by atoms with E-state index in [2.05, 4.69) is 11.4 Å². The SMILES string of the molecule is COC1CCC(NC(=O)C2(C#N)CC2)C1. The van der Waals surface area contributed by atoms with Crippen molar-refractivity contribution in [3.8, 4) is 6.07 Å². The molecule has 15 heavy (non-hydrogen) atoms. The van der Waals surface area contributed by atoms with Gasteiger partial charge in [0, 0.05) is 13.2 Å². The molecule has 4 heteroatoms. The minimum atomic E-state index is -0.689. The van der Waals surface area contributed by atoms with Crippen LogP contribution in [0.4, 0.5) is 0 Å². The Morgan fingerprint density at radius 2 is 2.27 bits per heavy atom. The number of nitriles is 1. The molecule has 0 aromatic carbocycles. The molecule has 2 rings (SSSR count). The fraction of sp³-hybridized carbons (Fsp3) is 0.818. The molecule has 0 radical (unpaired) electrons. The second kappa shape index (κ2) is 3.82. The van der Waals surface area contributed by atoms with E-state index in [1.165, 1.54) is 0 Å². The van der Waals surface area contributed by atoms with Crippen LogP contribution in [-0.4, -0.2) is 25.2 Å². The van der Waals surface area contributed by atoms with Crippen LogP contribution in [0.1, 0.15) is 32.1 Å². The van der Waals surface area contributed by atoms with Crippen molar-refractivity contribution in [2.75, 3.05) is 7.11 Å². The zero-order valence-electron chi connectivity index (χ0n) is 8.95. The number of hydrogen-bond acceptors (Lipinski definition) is 3. The molecular weight excluding hydrogens is 192 g/mol. The minimum absolute atomic E-state index is 0.0771. The van der Waals surface area contributed by atoms with Gasteiger partial charge in [-0.25, -0.2) is 0 Å². The number of hydrogen-bond donors (Lipinski definition) is 1. The third-order valence-electron chi connectivity index (χ3n) is 3.45. The van der Waals surface area contributed by atoms with Gasteiger partial charge in [0.2, 0.25) is 5.91 Å². The topological polar surface area (TPSA) is 62.1 Å². The first-order chi connectivity index (χ1) is 7.20. The van der Waals surface area contributed by atoms with E-state index in [0.717, 1.165) is 32.1 Å². The summed E-state index contributed by atoms with van der Waals surface area (Å²) in [6.45, 7) is 0. The maximum absolute atomic E-state index is 11.7. The quantitative estimate of drug-likeness (QED) is 0.751. The molecule has 0 aromatic rings. The Kier molecular flexibility index (Phi) is 2.66. The highest BCUT2D eigenvalue weighted by Crippen LogP contribution is 2.45. The van der Waals surface area contributed by atoms with Gasteiger partial charge >= 0.3 is 0 Å². The number of methoxy groups -OCH3 is 1. The second-order valence-electron chi connectivity index (χ2n) is 4.54. The molecule has 0 saturated heterocycles. The summed E-state index contributed by atoms with van der Waals surface area (Å²) in [5.41, 5.74) is -0.689. The summed E-state index contributed by atoms with van der Waals surface area (Å²) in [6.07, 6.45) is 4.55. The summed E-state index contributed by atoms with van der Waals surface area (Å²) in [5.74, 6) is -0.0771. The first-order valence-corrected chi connectivity index (χ1v) is 5.45. The van der Waals surface area contributed by atoms with E-state index in [0.29, 0.717) is 0 Å². The standard InChI is InChI=1S/C11H16N2O2/c1-15-9-3-2-8(6-9)13-10(14)11(7-12)4-5-11/h8-9H,2-6H2,1H3,(H,13,14). The molecular formula is C11H16N2O2. The first kappa shape index (κ1) is 10.4.